The molecule has 0 radical (unpaired) electrons. The molecular formula is C12H27FN2O3S. The minimum absolute atomic E-state index is 0.236. The van der Waals surface area contributed by atoms with Crippen LogP contribution < -0.4 is 0 Å². The van der Waals surface area contributed by atoms with Crippen molar-refractivity contribution >= 4 is 10.1 Å². The Hall–Kier alpha value is -0.240. The summed E-state index contributed by atoms with van der Waals surface area (Å²) in [5, 5.41) is 0. The van der Waals surface area contributed by atoms with Gasteiger partial charge in [-0.05, 0) is 31.0 Å². The molecule has 7 heteroatoms. The molecule has 19 heavy (non-hydrogen) atoms. The van der Waals surface area contributed by atoms with Gasteiger partial charge in [0.15, 0.2) is 0 Å². The predicted octanol–water partition coefficient (Wildman–Crippen LogP) is 2.01. The van der Waals surface area contributed by atoms with Crippen molar-refractivity contribution in [3.05, 3.63) is 0 Å². The number of unbranched alkanes of at least 4 members (excludes halogenated alkanes) is 2. The molecule has 0 bridgehead atoms. The fourth-order valence-electron chi connectivity index (χ4n) is 1.71. The molecule has 116 valence electrons. The van der Waals surface area contributed by atoms with E-state index in [1.807, 2.05) is 6.92 Å². The fourth-order valence-corrected chi connectivity index (χ4v) is 2.42. The Balaban J connectivity index is 0.000000344. The first-order valence-electron chi connectivity index (χ1n) is 6.89. The third kappa shape index (κ3) is 10.2. The number of halogens is 1. The molecule has 0 N–H and O–H groups in total. The van der Waals surface area contributed by atoms with Crippen LogP contribution in [0.3, 0.4) is 0 Å². The van der Waals surface area contributed by atoms with E-state index in [4.69, 9.17) is 0 Å². The van der Waals surface area contributed by atoms with Gasteiger partial charge in [0, 0.05) is 13.1 Å². The van der Waals surface area contributed by atoms with Crippen LogP contribution >= 0.6 is 0 Å². The summed E-state index contributed by atoms with van der Waals surface area (Å²) < 4.78 is 34.0. The Labute approximate surface area is 116 Å². The molecule has 5 nitrogen and oxygen atoms in total. The van der Waals surface area contributed by atoms with E-state index in [1.165, 1.54) is 39.1 Å². The molecule has 1 fully saturated rings. The zero-order valence-corrected chi connectivity index (χ0v) is 13.1. The molecule has 0 aliphatic carbocycles. The highest BCUT2D eigenvalue weighted by Crippen LogP contribution is 2.02. The summed E-state index contributed by atoms with van der Waals surface area (Å²) in [5.41, 5.74) is 0. The Morgan fingerprint density at radius 3 is 2.21 bits per heavy atom. The molecule has 1 rings (SSSR count). The van der Waals surface area contributed by atoms with Crippen LogP contribution in [0.15, 0.2) is 0 Å². The maximum atomic E-state index is 11.0. The Morgan fingerprint density at radius 2 is 1.79 bits per heavy atom. The standard InChI is InChI=1S/C8H18N2.C4H9FO3S/c1-3-4-5-10-7-6-9(2)8-10;1-2-3-4-9(6,7)8-5/h3-8H2,1-2H3;2-4H2,1H3. The molecular weight excluding hydrogens is 271 g/mol. The second kappa shape index (κ2) is 10.5. The molecule has 0 unspecified atom stereocenters. The lowest BCUT2D eigenvalue weighted by atomic mass is 10.3. The van der Waals surface area contributed by atoms with Crippen LogP contribution in [0.4, 0.5) is 4.53 Å². The second-order valence-corrected chi connectivity index (χ2v) is 6.52. The van der Waals surface area contributed by atoms with Crippen LogP contribution in [-0.4, -0.2) is 57.3 Å². The van der Waals surface area contributed by atoms with Crippen molar-refractivity contribution in [1.29, 1.82) is 0 Å². The third-order valence-electron chi connectivity index (χ3n) is 2.91. The number of likely N-dealkylation sites (N-methyl/N-ethyl adjacent to an activating group) is 1. The van der Waals surface area contributed by atoms with Crippen molar-refractivity contribution in [2.75, 3.05) is 39.1 Å². The summed E-state index contributed by atoms with van der Waals surface area (Å²) in [5.74, 6) is -0.236. The molecule has 1 aliphatic rings. The van der Waals surface area contributed by atoms with Crippen LogP contribution in [-0.2, 0) is 14.5 Å². The quantitative estimate of drug-likeness (QED) is 0.719. The smallest absolute Gasteiger partial charge is 0.292 e. The minimum atomic E-state index is -3.85. The monoisotopic (exact) mass is 298 g/mol. The SMILES string of the molecule is CCCCN1CCN(C)C1.CCCCS(=O)(=O)OF. The Kier molecular flexibility index (Phi) is 10.4. The second-order valence-electron chi connectivity index (χ2n) is 4.87. The molecule has 1 heterocycles. The zero-order chi connectivity index (χ0) is 14.7. The van der Waals surface area contributed by atoms with Crippen molar-refractivity contribution in [3.8, 4) is 0 Å². The molecule has 0 aromatic rings. The lowest BCUT2D eigenvalue weighted by Gasteiger charge is -2.13. The van der Waals surface area contributed by atoms with E-state index in [9.17, 15) is 12.9 Å². The molecule has 1 saturated heterocycles. The Bertz CT molecular complexity index is 312. The highest BCUT2D eigenvalue weighted by molar-refractivity contribution is 7.86. The maximum Gasteiger partial charge on any atom is 0.297 e. The lowest BCUT2D eigenvalue weighted by Crippen LogP contribution is -2.23. The third-order valence-corrected chi connectivity index (χ3v) is 3.89. The summed E-state index contributed by atoms with van der Waals surface area (Å²) in [4.78, 5) is 4.89. The molecule has 0 aromatic carbocycles. The topological polar surface area (TPSA) is 49.9 Å². The van der Waals surface area contributed by atoms with Gasteiger partial charge in [0.1, 0.15) is 0 Å². The summed E-state index contributed by atoms with van der Waals surface area (Å²) in [6.07, 6.45) is 3.82. The van der Waals surface area contributed by atoms with E-state index >= 15 is 0 Å². The lowest BCUT2D eigenvalue weighted by molar-refractivity contribution is 0.00290. The van der Waals surface area contributed by atoms with Crippen LogP contribution in [0.2, 0.25) is 0 Å². The van der Waals surface area contributed by atoms with E-state index in [2.05, 4.69) is 28.2 Å². The number of hydrogen-bond donors (Lipinski definition) is 0. The van der Waals surface area contributed by atoms with Crippen molar-refractivity contribution in [3.63, 3.8) is 0 Å². The molecule has 1 aliphatic heterocycles. The van der Waals surface area contributed by atoms with Gasteiger partial charge in [0.25, 0.3) is 10.1 Å². The van der Waals surface area contributed by atoms with Crippen molar-refractivity contribution in [2.24, 2.45) is 0 Å². The maximum absolute atomic E-state index is 11.0. The normalized spacial score (nSPS) is 17.3. The van der Waals surface area contributed by atoms with Gasteiger partial charge >= 0.3 is 0 Å². The van der Waals surface area contributed by atoms with Crippen molar-refractivity contribution in [2.45, 2.75) is 39.5 Å². The van der Waals surface area contributed by atoms with Gasteiger partial charge in [-0.25, -0.2) is 0 Å². The van der Waals surface area contributed by atoms with Gasteiger partial charge in [0.05, 0.1) is 12.4 Å². The Morgan fingerprint density at radius 1 is 1.16 bits per heavy atom. The number of rotatable bonds is 7. The van der Waals surface area contributed by atoms with Gasteiger partial charge in [-0.2, -0.15) is 8.42 Å². The van der Waals surface area contributed by atoms with Gasteiger partial charge < -0.3 is 0 Å². The van der Waals surface area contributed by atoms with E-state index in [1.54, 1.807) is 0 Å². The van der Waals surface area contributed by atoms with Gasteiger partial charge in [-0.15, -0.1) is 0 Å². The van der Waals surface area contributed by atoms with E-state index in [-0.39, 0.29) is 5.75 Å². The zero-order valence-electron chi connectivity index (χ0n) is 12.3. The van der Waals surface area contributed by atoms with Crippen LogP contribution in [0, 0.1) is 0 Å². The first-order chi connectivity index (χ1) is 8.95. The highest BCUT2D eigenvalue weighted by atomic mass is 32.2. The van der Waals surface area contributed by atoms with Crippen LogP contribution in [0.5, 0.6) is 0 Å². The predicted molar refractivity (Wildman–Crippen MR) is 74.9 cm³/mol. The minimum Gasteiger partial charge on any atom is -0.292 e. The first kappa shape index (κ1) is 18.8. The molecule has 0 atom stereocenters. The van der Waals surface area contributed by atoms with Gasteiger partial charge in [-0.1, -0.05) is 31.1 Å². The average Bonchev–Trinajstić information content (AvgIpc) is 2.80. The van der Waals surface area contributed by atoms with Crippen molar-refractivity contribution < 1.29 is 17.3 Å². The molecule has 0 amide bonds. The first-order valence-corrected chi connectivity index (χ1v) is 8.46. The summed E-state index contributed by atoms with van der Waals surface area (Å²) >= 11 is 0. The average molecular weight is 298 g/mol. The van der Waals surface area contributed by atoms with E-state index in [0.717, 1.165) is 0 Å². The summed E-state index contributed by atoms with van der Waals surface area (Å²) in [6, 6.07) is 0. The van der Waals surface area contributed by atoms with Gasteiger partial charge in [-0.3, -0.25) is 9.80 Å². The molecule has 0 saturated carbocycles. The summed E-state index contributed by atoms with van der Waals surface area (Å²) in [6.45, 7) is 9.06. The van der Waals surface area contributed by atoms with Crippen molar-refractivity contribution in [1.82, 2.24) is 9.80 Å². The molecule has 0 aromatic heterocycles. The van der Waals surface area contributed by atoms with Gasteiger partial charge in [0.2, 0.25) is 0 Å². The van der Waals surface area contributed by atoms with Crippen LogP contribution in [0.1, 0.15) is 39.5 Å². The summed E-state index contributed by atoms with van der Waals surface area (Å²) in [7, 11) is -1.66. The van der Waals surface area contributed by atoms with E-state index in [0.29, 0.717) is 12.8 Å². The van der Waals surface area contributed by atoms with Crippen LogP contribution in [0.25, 0.3) is 0 Å². The fraction of sp³-hybridized carbons (Fsp3) is 1.00. The largest absolute Gasteiger partial charge is 0.297 e. The number of nitrogens with zero attached hydrogens (tertiary/aromatic N) is 2. The highest BCUT2D eigenvalue weighted by Gasteiger charge is 2.14. The molecule has 0 spiro atoms. The van der Waals surface area contributed by atoms with E-state index < -0.39 is 10.1 Å². The number of hydrogen-bond acceptors (Lipinski definition) is 5.